The molecule has 0 bridgehead atoms. The highest BCUT2D eigenvalue weighted by molar-refractivity contribution is 5.98. The zero-order chi connectivity index (χ0) is 25.3. The SMILES string of the molecule is CCN(CC)c1ccc2cc(C(=O)NCC(=O)NC3CC(C)(C)N([O])C(C)(C)C3)c(=O)oc2c1. The van der Waals surface area contributed by atoms with E-state index in [0.29, 0.717) is 23.8 Å². The van der Waals surface area contributed by atoms with Crippen LogP contribution in [0.15, 0.2) is 33.5 Å². The number of fused-ring (bicyclic) bond motifs is 1. The molecule has 2 aromatic rings. The predicted octanol–water partition coefficient (Wildman–Crippen LogP) is 2.85. The third kappa shape index (κ3) is 5.42. The summed E-state index contributed by atoms with van der Waals surface area (Å²) in [7, 11) is 0. The molecule has 0 saturated carbocycles. The maximum absolute atomic E-state index is 12.6. The number of carbonyl (C=O) groups is 2. The molecule has 2 N–H and O–H groups in total. The second-order valence-electron chi connectivity index (χ2n) is 10.1. The highest BCUT2D eigenvalue weighted by Crippen LogP contribution is 2.36. The molecule has 0 unspecified atom stereocenters. The van der Waals surface area contributed by atoms with E-state index in [0.717, 1.165) is 23.8 Å². The number of nitrogens with zero attached hydrogens (tertiary/aromatic N) is 2. The van der Waals surface area contributed by atoms with Gasteiger partial charge in [-0.15, -0.1) is 10.3 Å². The summed E-state index contributed by atoms with van der Waals surface area (Å²) >= 11 is 0. The summed E-state index contributed by atoms with van der Waals surface area (Å²) in [5.74, 6) is -1.05. The number of piperidine rings is 1. The fraction of sp³-hybridized carbons (Fsp3) is 0.560. The summed E-state index contributed by atoms with van der Waals surface area (Å²) in [6, 6.07) is 6.80. The number of hydrogen-bond donors (Lipinski definition) is 2. The number of amides is 2. The number of nitrogens with one attached hydrogen (secondary N) is 2. The largest absolute Gasteiger partial charge is 0.422 e. The molecular weight excluding hydrogens is 436 g/mol. The summed E-state index contributed by atoms with van der Waals surface area (Å²) in [4.78, 5) is 39.7. The van der Waals surface area contributed by atoms with Gasteiger partial charge in [-0.2, -0.15) is 0 Å². The number of rotatable bonds is 7. The van der Waals surface area contributed by atoms with Crippen molar-refractivity contribution in [2.45, 2.75) is 71.5 Å². The van der Waals surface area contributed by atoms with Crippen LogP contribution in [0.2, 0.25) is 0 Å². The Labute approximate surface area is 200 Å². The molecule has 0 atom stereocenters. The van der Waals surface area contributed by atoms with Crippen molar-refractivity contribution in [2.75, 3.05) is 24.5 Å². The van der Waals surface area contributed by atoms with Crippen LogP contribution >= 0.6 is 0 Å². The van der Waals surface area contributed by atoms with Crippen LogP contribution in [-0.4, -0.2) is 53.6 Å². The van der Waals surface area contributed by atoms with Gasteiger partial charge in [-0.1, -0.05) is 0 Å². The first-order chi connectivity index (χ1) is 15.9. The molecule has 1 aliphatic rings. The number of hydroxylamine groups is 2. The van der Waals surface area contributed by atoms with E-state index in [1.165, 1.54) is 6.07 Å². The zero-order valence-corrected chi connectivity index (χ0v) is 20.9. The molecule has 3 rings (SSSR count). The van der Waals surface area contributed by atoms with Gasteiger partial charge >= 0.3 is 5.63 Å². The summed E-state index contributed by atoms with van der Waals surface area (Å²) in [6.45, 7) is 12.9. The average Bonchev–Trinajstić information content (AvgIpc) is 2.75. The summed E-state index contributed by atoms with van der Waals surface area (Å²) in [5.41, 5.74) is -0.801. The smallest absolute Gasteiger partial charge is 0.349 e. The standard InChI is InChI=1S/C25H35N4O5/c1-7-28(8-2)18-10-9-16-11-19(23(32)34-20(16)12-18)22(31)26-15-21(30)27-17-13-24(3,4)29(33)25(5,6)14-17/h9-12,17H,7-8,13-15H2,1-6H3,(H,26,31)(H,27,30). The third-order valence-electron chi connectivity index (χ3n) is 6.46. The molecule has 0 aliphatic carbocycles. The second kappa shape index (κ2) is 9.76. The Balaban J connectivity index is 1.66. The van der Waals surface area contributed by atoms with E-state index < -0.39 is 22.6 Å². The number of hydrogen-bond acceptors (Lipinski definition) is 6. The van der Waals surface area contributed by atoms with E-state index in [2.05, 4.69) is 15.5 Å². The summed E-state index contributed by atoms with van der Waals surface area (Å²) in [5, 5.41) is 19.6. The fourth-order valence-electron chi connectivity index (χ4n) is 4.94. The van der Waals surface area contributed by atoms with Gasteiger partial charge in [0.2, 0.25) is 5.91 Å². The van der Waals surface area contributed by atoms with E-state index in [-0.39, 0.29) is 24.1 Å². The van der Waals surface area contributed by atoms with Crippen LogP contribution in [0.4, 0.5) is 5.69 Å². The Bertz CT molecular complexity index is 1100. The first-order valence-electron chi connectivity index (χ1n) is 11.8. The average molecular weight is 472 g/mol. The molecule has 1 saturated heterocycles. The minimum atomic E-state index is -0.756. The predicted molar refractivity (Wildman–Crippen MR) is 130 cm³/mol. The highest BCUT2D eigenvalue weighted by atomic mass is 16.5. The van der Waals surface area contributed by atoms with Crippen molar-refractivity contribution >= 4 is 28.5 Å². The molecule has 2 amide bonds. The van der Waals surface area contributed by atoms with E-state index >= 15 is 0 Å². The van der Waals surface area contributed by atoms with Crippen molar-refractivity contribution in [3.8, 4) is 0 Å². The Hall–Kier alpha value is -2.91. The van der Waals surface area contributed by atoms with Gasteiger partial charge in [0.15, 0.2) is 0 Å². The van der Waals surface area contributed by atoms with Crippen molar-refractivity contribution in [1.29, 1.82) is 0 Å². The van der Waals surface area contributed by atoms with Crippen LogP contribution in [0.5, 0.6) is 0 Å². The van der Waals surface area contributed by atoms with Gasteiger partial charge in [0.1, 0.15) is 11.1 Å². The van der Waals surface area contributed by atoms with Crippen LogP contribution in [0.25, 0.3) is 11.0 Å². The summed E-state index contributed by atoms with van der Waals surface area (Å²) < 4.78 is 5.40. The van der Waals surface area contributed by atoms with Gasteiger partial charge in [0.25, 0.3) is 5.91 Å². The van der Waals surface area contributed by atoms with Crippen molar-refractivity contribution in [2.24, 2.45) is 0 Å². The van der Waals surface area contributed by atoms with Gasteiger partial charge in [0, 0.05) is 47.3 Å². The third-order valence-corrected chi connectivity index (χ3v) is 6.46. The second-order valence-corrected chi connectivity index (χ2v) is 10.1. The number of carbonyl (C=O) groups excluding carboxylic acids is 2. The lowest BCUT2D eigenvalue weighted by atomic mass is 9.79. The first-order valence-corrected chi connectivity index (χ1v) is 11.8. The molecule has 34 heavy (non-hydrogen) atoms. The molecule has 1 aliphatic heterocycles. The molecule has 2 heterocycles. The molecule has 9 nitrogen and oxygen atoms in total. The normalized spacial score (nSPS) is 18.0. The molecule has 1 aromatic carbocycles. The molecule has 0 spiro atoms. The van der Waals surface area contributed by atoms with Gasteiger partial charge in [-0.3, -0.25) is 9.59 Å². The van der Waals surface area contributed by atoms with Crippen molar-refractivity contribution < 1.29 is 19.2 Å². The highest BCUT2D eigenvalue weighted by Gasteiger charge is 2.46. The van der Waals surface area contributed by atoms with Crippen LogP contribution in [0.1, 0.15) is 64.7 Å². The van der Waals surface area contributed by atoms with Gasteiger partial charge in [-0.05, 0) is 72.6 Å². The lowest BCUT2D eigenvalue weighted by molar-refractivity contribution is -0.290. The number of anilines is 1. The van der Waals surface area contributed by atoms with Crippen LogP contribution < -0.4 is 21.2 Å². The van der Waals surface area contributed by atoms with Crippen LogP contribution in [0.3, 0.4) is 0 Å². The monoisotopic (exact) mass is 471 g/mol. The fourth-order valence-corrected chi connectivity index (χ4v) is 4.94. The van der Waals surface area contributed by atoms with Crippen molar-refractivity contribution in [3.05, 3.63) is 40.2 Å². The van der Waals surface area contributed by atoms with Gasteiger partial charge in [0.05, 0.1) is 6.54 Å². The lowest BCUT2D eigenvalue weighted by Crippen LogP contribution is -2.62. The van der Waals surface area contributed by atoms with Crippen LogP contribution in [0, 0.1) is 0 Å². The quantitative estimate of drug-likeness (QED) is 0.600. The van der Waals surface area contributed by atoms with E-state index in [1.54, 1.807) is 12.1 Å². The minimum absolute atomic E-state index is 0.155. The zero-order valence-electron chi connectivity index (χ0n) is 20.9. The molecule has 185 valence electrons. The first kappa shape index (κ1) is 25.7. The van der Waals surface area contributed by atoms with E-state index in [1.807, 2.05) is 47.6 Å². The minimum Gasteiger partial charge on any atom is -0.422 e. The van der Waals surface area contributed by atoms with E-state index in [9.17, 15) is 19.6 Å². The summed E-state index contributed by atoms with van der Waals surface area (Å²) in [6.07, 6.45) is 1.01. The lowest BCUT2D eigenvalue weighted by Gasteiger charge is -2.50. The molecular formula is C25H35N4O5. The van der Waals surface area contributed by atoms with Gasteiger partial charge in [-0.25, -0.2) is 4.79 Å². The molecule has 1 radical (unpaired) electrons. The molecule has 1 aromatic heterocycles. The Morgan fingerprint density at radius 1 is 1.09 bits per heavy atom. The van der Waals surface area contributed by atoms with Gasteiger partial charge < -0.3 is 20.0 Å². The number of benzene rings is 1. The molecule has 1 fully saturated rings. The maximum atomic E-state index is 12.6. The topological polar surface area (TPSA) is 115 Å². The molecule has 9 heteroatoms. The Morgan fingerprint density at radius 3 is 2.29 bits per heavy atom. The van der Waals surface area contributed by atoms with Crippen molar-refractivity contribution in [3.63, 3.8) is 0 Å². The maximum Gasteiger partial charge on any atom is 0.349 e. The van der Waals surface area contributed by atoms with Crippen molar-refractivity contribution in [1.82, 2.24) is 15.7 Å². The van der Waals surface area contributed by atoms with E-state index in [4.69, 9.17) is 4.42 Å². The van der Waals surface area contributed by atoms with Crippen LogP contribution in [-0.2, 0) is 10.0 Å². The Morgan fingerprint density at radius 2 is 1.71 bits per heavy atom. The Kier molecular flexibility index (Phi) is 7.38.